The second kappa shape index (κ2) is 9.97. The highest BCUT2D eigenvalue weighted by atomic mass is 16.5. The van der Waals surface area contributed by atoms with Gasteiger partial charge in [0.25, 0.3) is 0 Å². The summed E-state index contributed by atoms with van der Waals surface area (Å²) in [5.74, 6) is 0.645. The molecule has 90 valence electrons. The maximum absolute atomic E-state index is 10.8. The first-order valence-electron chi connectivity index (χ1n) is 5.96. The van der Waals surface area contributed by atoms with Crippen molar-refractivity contribution >= 4 is 6.41 Å². The summed E-state index contributed by atoms with van der Waals surface area (Å²) in [4.78, 5) is 12.6. The molecule has 3 nitrogen and oxygen atoms in total. The van der Waals surface area contributed by atoms with Crippen LogP contribution >= 0.6 is 0 Å². The first kappa shape index (κ1) is 14.4. The zero-order valence-electron chi connectivity index (χ0n) is 10.4. The van der Waals surface area contributed by atoms with Gasteiger partial charge >= 0.3 is 0 Å². The molecule has 0 aromatic rings. The molecule has 0 bridgehead atoms. The van der Waals surface area contributed by atoms with E-state index in [1.807, 2.05) is 4.90 Å². The normalized spacial score (nSPS) is 12.5. The zero-order chi connectivity index (χ0) is 11.5. The van der Waals surface area contributed by atoms with E-state index >= 15 is 0 Å². The Kier molecular flexibility index (Phi) is 9.59. The van der Waals surface area contributed by atoms with Crippen LogP contribution in [0.3, 0.4) is 0 Å². The van der Waals surface area contributed by atoms with Gasteiger partial charge in [0.1, 0.15) is 0 Å². The van der Waals surface area contributed by atoms with Gasteiger partial charge in [-0.1, -0.05) is 33.1 Å². The maximum Gasteiger partial charge on any atom is 0.209 e. The lowest BCUT2D eigenvalue weighted by atomic mass is 9.99. The molecule has 1 amide bonds. The van der Waals surface area contributed by atoms with Crippen molar-refractivity contribution in [1.82, 2.24) is 4.90 Å². The molecule has 0 fully saturated rings. The quantitative estimate of drug-likeness (QED) is 0.523. The molecule has 0 aromatic carbocycles. The molecule has 0 saturated heterocycles. The predicted octanol–water partition coefficient (Wildman–Crippen LogP) is 2.31. The van der Waals surface area contributed by atoms with E-state index in [-0.39, 0.29) is 0 Å². The summed E-state index contributed by atoms with van der Waals surface area (Å²) < 4.78 is 4.97. The summed E-state index contributed by atoms with van der Waals surface area (Å²) in [5.41, 5.74) is 0. The molecule has 0 spiro atoms. The molecule has 15 heavy (non-hydrogen) atoms. The highest BCUT2D eigenvalue weighted by molar-refractivity contribution is 5.46. The summed E-state index contributed by atoms with van der Waals surface area (Å²) >= 11 is 0. The molecule has 0 N–H and O–H groups in total. The van der Waals surface area contributed by atoms with Crippen LogP contribution in [-0.2, 0) is 9.53 Å². The second-order valence-electron chi connectivity index (χ2n) is 4.01. The Bertz CT molecular complexity index is 151. The number of amides is 1. The van der Waals surface area contributed by atoms with Gasteiger partial charge in [0, 0.05) is 20.2 Å². The van der Waals surface area contributed by atoms with E-state index in [4.69, 9.17) is 4.74 Å². The van der Waals surface area contributed by atoms with Crippen LogP contribution in [0.4, 0.5) is 0 Å². The Morgan fingerprint density at radius 1 is 1.40 bits per heavy atom. The number of carbonyl (C=O) groups is 1. The van der Waals surface area contributed by atoms with Crippen molar-refractivity contribution in [2.45, 2.75) is 39.5 Å². The molecule has 0 saturated carbocycles. The average Bonchev–Trinajstić information content (AvgIpc) is 2.28. The molecule has 0 aliphatic heterocycles. The van der Waals surface area contributed by atoms with Crippen molar-refractivity contribution in [3.05, 3.63) is 0 Å². The lowest BCUT2D eigenvalue weighted by Gasteiger charge is -2.23. The molecule has 0 rings (SSSR count). The van der Waals surface area contributed by atoms with Crippen LogP contribution in [0.5, 0.6) is 0 Å². The Hall–Kier alpha value is -0.570. The number of carbonyl (C=O) groups excluding carboxylic acids is 1. The van der Waals surface area contributed by atoms with Gasteiger partial charge in [0.15, 0.2) is 0 Å². The van der Waals surface area contributed by atoms with Gasteiger partial charge in [-0.3, -0.25) is 4.79 Å². The Morgan fingerprint density at radius 2 is 2.13 bits per heavy atom. The third-order valence-electron chi connectivity index (χ3n) is 2.77. The average molecular weight is 215 g/mol. The molecule has 1 unspecified atom stereocenters. The lowest BCUT2D eigenvalue weighted by Crippen LogP contribution is -2.31. The first-order valence-corrected chi connectivity index (χ1v) is 5.96. The van der Waals surface area contributed by atoms with E-state index in [1.54, 1.807) is 7.11 Å². The minimum atomic E-state index is 0.628. The molecular weight excluding hydrogens is 190 g/mol. The van der Waals surface area contributed by atoms with E-state index in [2.05, 4.69) is 13.8 Å². The summed E-state index contributed by atoms with van der Waals surface area (Å²) in [5, 5.41) is 0. The van der Waals surface area contributed by atoms with Gasteiger partial charge < -0.3 is 9.64 Å². The van der Waals surface area contributed by atoms with Gasteiger partial charge in [-0.2, -0.15) is 0 Å². The molecule has 0 aliphatic carbocycles. The smallest absolute Gasteiger partial charge is 0.209 e. The molecular formula is C12H25NO2. The highest BCUT2D eigenvalue weighted by Gasteiger charge is 2.10. The Balaban J connectivity index is 3.82. The molecule has 3 heteroatoms. The number of hydrogen-bond acceptors (Lipinski definition) is 2. The van der Waals surface area contributed by atoms with Crippen LogP contribution in [0.2, 0.25) is 0 Å². The maximum atomic E-state index is 10.8. The zero-order valence-corrected chi connectivity index (χ0v) is 10.4. The fourth-order valence-corrected chi connectivity index (χ4v) is 1.64. The number of rotatable bonds is 10. The SMILES string of the molecule is CCCCC(CC)CN(C=O)CCOC. The van der Waals surface area contributed by atoms with Crippen LogP contribution in [-0.4, -0.2) is 38.1 Å². The summed E-state index contributed by atoms with van der Waals surface area (Å²) in [6, 6.07) is 0. The third kappa shape index (κ3) is 7.37. The summed E-state index contributed by atoms with van der Waals surface area (Å²) in [6.07, 6.45) is 5.81. The molecule has 0 aliphatic rings. The second-order valence-corrected chi connectivity index (χ2v) is 4.01. The number of hydrogen-bond donors (Lipinski definition) is 0. The van der Waals surface area contributed by atoms with Crippen LogP contribution in [0.15, 0.2) is 0 Å². The highest BCUT2D eigenvalue weighted by Crippen LogP contribution is 2.13. The minimum absolute atomic E-state index is 0.628. The fourth-order valence-electron chi connectivity index (χ4n) is 1.64. The number of methoxy groups -OCH3 is 1. The third-order valence-corrected chi connectivity index (χ3v) is 2.77. The lowest BCUT2D eigenvalue weighted by molar-refractivity contribution is -0.119. The van der Waals surface area contributed by atoms with E-state index in [9.17, 15) is 4.79 Å². The van der Waals surface area contributed by atoms with E-state index < -0.39 is 0 Å². The van der Waals surface area contributed by atoms with E-state index in [0.717, 1.165) is 19.4 Å². The van der Waals surface area contributed by atoms with E-state index in [0.29, 0.717) is 19.1 Å². The molecule has 1 atom stereocenters. The van der Waals surface area contributed by atoms with Crippen molar-refractivity contribution in [2.24, 2.45) is 5.92 Å². The topological polar surface area (TPSA) is 29.5 Å². The Labute approximate surface area is 93.8 Å². The van der Waals surface area contributed by atoms with Gasteiger partial charge in [0.2, 0.25) is 6.41 Å². The van der Waals surface area contributed by atoms with Gasteiger partial charge in [-0.15, -0.1) is 0 Å². The summed E-state index contributed by atoms with van der Waals surface area (Å²) in [7, 11) is 1.66. The Morgan fingerprint density at radius 3 is 2.60 bits per heavy atom. The van der Waals surface area contributed by atoms with Crippen LogP contribution < -0.4 is 0 Å². The minimum Gasteiger partial charge on any atom is -0.383 e. The first-order chi connectivity index (χ1) is 7.28. The molecule has 0 heterocycles. The van der Waals surface area contributed by atoms with Crippen molar-refractivity contribution < 1.29 is 9.53 Å². The number of unbranched alkanes of at least 4 members (excludes halogenated alkanes) is 1. The summed E-state index contributed by atoms with van der Waals surface area (Å²) in [6.45, 7) is 6.61. The fraction of sp³-hybridized carbons (Fsp3) is 0.917. The van der Waals surface area contributed by atoms with Gasteiger partial charge in [-0.25, -0.2) is 0 Å². The van der Waals surface area contributed by atoms with Crippen molar-refractivity contribution in [2.75, 3.05) is 26.8 Å². The van der Waals surface area contributed by atoms with Crippen molar-refractivity contribution in [1.29, 1.82) is 0 Å². The van der Waals surface area contributed by atoms with Gasteiger partial charge in [0.05, 0.1) is 6.61 Å². The van der Waals surface area contributed by atoms with Crippen LogP contribution in [0.25, 0.3) is 0 Å². The van der Waals surface area contributed by atoms with Crippen LogP contribution in [0, 0.1) is 5.92 Å². The van der Waals surface area contributed by atoms with Crippen molar-refractivity contribution in [3.63, 3.8) is 0 Å². The number of ether oxygens (including phenoxy) is 1. The molecule has 0 aromatic heterocycles. The standard InChI is InChI=1S/C12H25NO2/c1-4-6-7-12(5-2)10-13(11-14)8-9-15-3/h11-12H,4-10H2,1-3H3. The largest absolute Gasteiger partial charge is 0.383 e. The monoisotopic (exact) mass is 215 g/mol. The van der Waals surface area contributed by atoms with Crippen molar-refractivity contribution in [3.8, 4) is 0 Å². The molecule has 0 radical (unpaired) electrons. The predicted molar refractivity (Wildman–Crippen MR) is 62.8 cm³/mol. The van der Waals surface area contributed by atoms with E-state index in [1.165, 1.54) is 19.3 Å². The number of nitrogens with zero attached hydrogens (tertiary/aromatic N) is 1. The van der Waals surface area contributed by atoms with Gasteiger partial charge in [-0.05, 0) is 12.3 Å². The van der Waals surface area contributed by atoms with Crippen LogP contribution in [0.1, 0.15) is 39.5 Å².